The van der Waals surface area contributed by atoms with E-state index >= 15 is 0 Å². The van der Waals surface area contributed by atoms with Gasteiger partial charge in [-0.2, -0.15) is 0 Å². The predicted molar refractivity (Wildman–Crippen MR) is 87.0 cm³/mol. The Morgan fingerprint density at radius 1 is 1.20 bits per heavy atom. The van der Waals surface area contributed by atoms with E-state index in [4.69, 9.17) is 4.74 Å². The second-order valence-corrected chi connectivity index (χ2v) is 6.43. The maximum Gasteiger partial charge on any atom is 0.124 e. The summed E-state index contributed by atoms with van der Waals surface area (Å²) in [6.07, 6.45) is 0. The summed E-state index contributed by atoms with van der Waals surface area (Å²) in [6.45, 7) is 9.55. The molecule has 0 fully saturated rings. The molecule has 0 amide bonds. The summed E-state index contributed by atoms with van der Waals surface area (Å²) >= 11 is 1.86. The Morgan fingerprint density at radius 2 is 1.95 bits per heavy atom. The normalized spacial score (nSPS) is 12.4. The van der Waals surface area contributed by atoms with Crippen LogP contribution in [0.15, 0.2) is 24.3 Å². The van der Waals surface area contributed by atoms with Gasteiger partial charge in [0.2, 0.25) is 0 Å². The molecule has 2 nitrogen and oxygen atoms in total. The first kappa shape index (κ1) is 15.1. The minimum atomic E-state index is 0.202. The molecule has 1 N–H and O–H groups in total. The average molecular weight is 289 g/mol. The molecular formula is C17H23NOS. The van der Waals surface area contributed by atoms with Crippen LogP contribution in [0.25, 0.3) is 0 Å². The predicted octanol–water partition coefficient (Wildman–Crippen LogP) is 4.38. The van der Waals surface area contributed by atoms with Gasteiger partial charge in [-0.3, -0.25) is 0 Å². The van der Waals surface area contributed by atoms with Crippen LogP contribution >= 0.6 is 11.3 Å². The third kappa shape index (κ3) is 3.05. The van der Waals surface area contributed by atoms with Crippen molar-refractivity contribution in [1.29, 1.82) is 0 Å². The van der Waals surface area contributed by atoms with E-state index in [1.54, 1.807) is 7.11 Å². The van der Waals surface area contributed by atoms with Crippen molar-refractivity contribution in [3.05, 3.63) is 50.7 Å². The number of hydrogen-bond acceptors (Lipinski definition) is 3. The molecule has 0 saturated heterocycles. The molecule has 0 radical (unpaired) electrons. The van der Waals surface area contributed by atoms with Crippen molar-refractivity contribution < 1.29 is 4.74 Å². The van der Waals surface area contributed by atoms with E-state index in [9.17, 15) is 0 Å². The van der Waals surface area contributed by atoms with Crippen molar-refractivity contribution in [2.75, 3.05) is 13.7 Å². The first-order valence-electron chi connectivity index (χ1n) is 7.01. The number of hydrogen-bond donors (Lipinski definition) is 1. The third-order valence-electron chi connectivity index (χ3n) is 3.45. The van der Waals surface area contributed by atoms with Gasteiger partial charge in [-0.25, -0.2) is 0 Å². The highest BCUT2D eigenvalue weighted by atomic mass is 32.1. The third-order valence-corrected chi connectivity index (χ3v) is 4.66. The molecule has 2 aromatic rings. The molecule has 20 heavy (non-hydrogen) atoms. The van der Waals surface area contributed by atoms with Crippen molar-refractivity contribution in [2.24, 2.45) is 0 Å². The van der Waals surface area contributed by atoms with E-state index in [0.717, 1.165) is 12.3 Å². The fourth-order valence-electron chi connectivity index (χ4n) is 2.57. The molecule has 0 aliphatic heterocycles. The number of rotatable bonds is 5. The topological polar surface area (TPSA) is 21.3 Å². The zero-order valence-corrected chi connectivity index (χ0v) is 13.7. The van der Waals surface area contributed by atoms with Gasteiger partial charge in [0.25, 0.3) is 0 Å². The molecule has 2 rings (SSSR count). The average Bonchev–Trinajstić information content (AvgIpc) is 2.75. The van der Waals surface area contributed by atoms with Gasteiger partial charge in [-0.05, 0) is 45.0 Å². The van der Waals surface area contributed by atoms with Gasteiger partial charge in [0.05, 0.1) is 13.2 Å². The lowest BCUT2D eigenvalue weighted by molar-refractivity contribution is 0.404. The minimum Gasteiger partial charge on any atom is -0.496 e. The Morgan fingerprint density at radius 3 is 2.50 bits per heavy atom. The van der Waals surface area contributed by atoms with Gasteiger partial charge < -0.3 is 10.1 Å². The lowest BCUT2D eigenvalue weighted by Crippen LogP contribution is -2.22. The standard InChI is InChI=1S/C17H23NOS/c1-6-18-16(17-12(3)10-13(4)20-17)14-9-11(2)7-8-15(14)19-5/h7-10,16,18H,6H2,1-5H3. The Kier molecular flexibility index (Phi) is 4.84. The molecule has 1 aromatic heterocycles. The first-order valence-corrected chi connectivity index (χ1v) is 7.83. The molecule has 0 aliphatic carbocycles. The van der Waals surface area contributed by atoms with E-state index in [1.807, 2.05) is 11.3 Å². The fourth-order valence-corrected chi connectivity index (χ4v) is 3.70. The van der Waals surface area contributed by atoms with Gasteiger partial charge in [-0.1, -0.05) is 24.6 Å². The van der Waals surface area contributed by atoms with Gasteiger partial charge >= 0.3 is 0 Å². The number of ether oxygens (including phenoxy) is 1. The summed E-state index contributed by atoms with van der Waals surface area (Å²) in [4.78, 5) is 2.74. The van der Waals surface area contributed by atoms with E-state index in [0.29, 0.717) is 0 Å². The van der Waals surface area contributed by atoms with E-state index in [2.05, 4.69) is 57.3 Å². The van der Waals surface area contributed by atoms with Crippen LogP contribution in [0.1, 0.15) is 39.4 Å². The van der Waals surface area contributed by atoms with Crippen LogP contribution < -0.4 is 10.1 Å². The highest BCUT2D eigenvalue weighted by Crippen LogP contribution is 2.36. The van der Waals surface area contributed by atoms with E-state index in [1.165, 1.54) is 26.4 Å². The summed E-state index contributed by atoms with van der Waals surface area (Å²) in [6, 6.07) is 8.84. The monoisotopic (exact) mass is 289 g/mol. The highest BCUT2D eigenvalue weighted by Gasteiger charge is 2.21. The summed E-state index contributed by atoms with van der Waals surface area (Å²) in [5.41, 5.74) is 3.83. The fraction of sp³-hybridized carbons (Fsp3) is 0.412. The van der Waals surface area contributed by atoms with Crippen LogP contribution in [0.2, 0.25) is 0 Å². The van der Waals surface area contributed by atoms with Crippen molar-refractivity contribution >= 4 is 11.3 Å². The summed E-state index contributed by atoms with van der Waals surface area (Å²) in [7, 11) is 1.74. The maximum atomic E-state index is 5.56. The Balaban J connectivity index is 2.53. The Labute approximate surface area is 125 Å². The van der Waals surface area contributed by atoms with Crippen LogP contribution in [0, 0.1) is 20.8 Å². The molecule has 0 bridgehead atoms. The second kappa shape index (κ2) is 6.42. The molecule has 1 heterocycles. The van der Waals surface area contributed by atoms with Gasteiger partial charge in [0.15, 0.2) is 0 Å². The SMILES string of the molecule is CCNC(c1cc(C)ccc1OC)c1sc(C)cc1C. The lowest BCUT2D eigenvalue weighted by atomic mass is 9.99. The molecule has 3 heteroatoms. The molecule has 1 aromatic carbocycles. The Bertz CT molecular complexity index is 589. The number of aryl methyl sites for hydroxylation is 3. The number of thiophene rings is 1. The number of benzene rings is 1. The van der Waals surface area contributed by atoms with Crippen molar-refractivity contribution in [3.63, 3.8) is 0 Å². The quantitative estimate of drug-likeness (QED) is 0.882. The molecule has 0 saturated carbocycles. The zero-order chi connectivity index (χ0) is 14.7. The lowest BCUT2D eigenvalue weighted by Gasteiger charge is -2.21. The largest absolute Gasteiger partial charge is 0.496 e. The first-order chi connectivity index (χ1) is 9.56. The molecule has 0 spiro atoms. The van der Waals surface area contributed by atoms with E-state index < -0.39 is 0 Å². The Hall–Kier alpha value is -1.32. The van der Waals surface area contributed by atoms with Crippen molar-refractivity contribution in [2.45, 2.75) is 33.7 Å². The van der Waals surface area contributed by atoms with Crippen LogP contribution in [-0.2, 0) is 0 Å². The summed E-state index contributed by atoms with van der Waals surface area (Å²) in [5, 5.41) is 3.60. The van der Waals surface area contributed by atoms with Crippen LogP contribution in [0.4, 0.5) is 0 Å². The van der Waals surface area contributed by atoms with Crippen LogP contribution in [-0.4, -0.2) is 13.7 Å². The molecular weight excluding hydrogens is 266 g/mol. The molecule has 108 valence electrons. The van der Waals surface area contributed by atoms with Crippen LogP contribution in [0.5, 0.6) is 5.75 Å². The molecule has 1 atom stereocenters. The van der Waals surface area contributed by atoms with E-state index in [-0.39, 0.29) is 6.04 Å². The molecule has 1 unspecified atom stereocenters. The van der Waals surface area contributed by atoms with Crippen molar-refractivity contribution in [3.8, 4) is 5.75 Å². The highest BCUT2D eigenvalue weighted by molar-refractivity contribution is 7.12. The maximum absolute atomic E-state index is 5.56. The van der Waals surface area contributed by atoms with Gasteiger partial charge in [-0.15, -0.1) is 11.3 Å². The summed E-state index contributed by atoms with van der Waals surface area (Å²) < 4.78 is 5.56. The smallest absolute Gasteiger partial charge is 0.124 e. The van der Waals surface area contributed by atoms with Crippen molar-refractivity contribution in [1.82, 2.24) is 5.32 Å². The molecule has 0 aliphatic rings. The minimum absolute atomic E-state index is 0.202. The number of methoxy groups -OCH3 is 1. The van der Waals surface area contributed by atoms with Crippen LogP contribution in [0.3, 0.4) is 0 Å². The van der Waals surface area contributed by atoms with Gasteiger partial charge in [0, 0.05) is 15.3 Å². The zero-order valence-electron chi connectivity index (χ0n) is 12.9. The number of nitrogens with one attached hydrogen (secondary N) is 1. The second-order valence-electron chi connectivity index (χ2n) is 5.14. The summed E-state index contributed by atoms with van der Waals surface area (Å²) in [5.74, 6) is 0.951. The van der Waals surface area contributed by atoms with Gasteiger partial charge in [0.1, 0.15) is 5.75 Å².